The van der Waals surface area contributed by atoms with Gasteiger partial charge in [0.1, 0.15) is 24.7 Å². The molecule has 38 heavy (non-hydrogen) atoms. The number of allylic oxidation sites excluding steroid dienone is 4. The van der Waals surface area contributed by atoms with Crippen LogP contribution in [-0.2, 0) is 11.2 Å². The summed E-state index contributed by atoms with van der Waals surface area (Å²) in [5.41, 5.74) is 4.15. The molecule has 6 nitrogen and oxygen atoms in total. The Kier molecular flexibility index (Phi) is 9.35. The number of nitrogens with zero attached hydrogens (tertiary/aromatic N) is 2. The number of aromatic nitrogens is 2. The lowest BCUT2D eigenvalue weighted by Crippen LogP contribution is -2.35. The van der Waals surface area contributed by atoms with Crippen LogP contribution in [0.3, 0.4) is 0 Å². The van der Waals surface area contributed by atoms with E-state index in [4.69, 9.17) is 14.6 Å². The number of fused-ring (bicyclic) bond motifs is 11. The zero-order valence-corrected chi connectivity index (χ0v) is 22.3. The van der Waals surface area contributed by atoms with E-state index < -0.39 is 0 Å². The van der Waals surface area contributed by atoms with Crippen molar-refractivity contribution in [2.45, 2.75) is 39.7 Å². The van der Waals surface area contributed by atoms with Gasteiger partial charge in [-0.2, -0.15) is 5.10 Å². The maximum absolute atomic E-state index is 13.5. The van der Waals surface area contributed by atoms with E-state index in [0.29, 0.717) is 25.2 Å². The summed E-state index contributed by atoms with van der Waals surface area (Å²) in [7, 11) is 0. The molecule has 2 aliphatic rings. The molecule has 2 aromatic carbocycles. The molecule has 0 radical (unpaired) electrons. The van der Waals surface area contributed by atoms with E-state index in [0.717, 1.165) is 40.4 Å². The first-order chi connectivity index (χ1) is 18.6. The number of benzene rings is 2. The summed E-state index contributed by atoms with van der Waals surface area (Å²) in [4.78, 5) is 13.5. The average molecular weight is 510 g/mol. The number of nitrogens with one attached hydrogen (secondary N) is 1. The van der Waals surface area contributed by atoms with Crippen LogP contribution >= 0.6 is 0 Å². The minimum Gasteiger partial charge on any atom is -0.490 e. The highest BCUT2D eigenvalue weighted by Crippen LogP contribution is 2.25. The first-order valence-electron chi connectivity index (χ1n) is 13.1. The minimum absolute atomic E-state index is 0.0668. The molecular weight excluding hydrogens is 474 g/mol. The Morgan fingerprint density at radius 3 is 2.55 bits per heavy atom. The highest BCUT2D eigenvalue weighted by atomic mass is 16.5. The van der Waals surface area contributed by atoms with Crippen molar-refractivity contribution in [3.05, 3.63) is 108 Å². The van der Waals surface area contributed by atoms with Crippen LogP contribution in [0.5, 0.6) is 11.5 Å². The Balaban J connectivity index is 1.71. The molecule has 1 amide bonds. The van der Waals surface area contributed by atoms with E-state index in [-0.39, 0.29) is 11.9 Å². The van der Waals surface area contributed by atoms with Crippen molar-refractivity contribution in [1.29, 1.82) is 0 Å². The van der Waals surface area contributed by atoms with Crippen LogP contribution < -0.4 is 14.8 Å². The maximum Gasteiger partial charge on any atom is 0.253 e. The molecule has 2 aliphatic heterocycles. The summed E-state index contributed by atoms with van der Waals surface area (Å²) < 4.78 is 13.5. The summed E-state index contributed by atoms with van der Waals surface area (Å²) in [5, 5.41) is 8.01. The standard InChI is InChI=1S/C32H35N3O3/c1-4-6-13-29-31(10-5-2)35-19-18-30(34-35)26-11-9-12-28(23-26)38-21-8-7-20-37-27-16-14-25(15-17-27)22-24(3)33-32(29)36/h4,6-19,23-24H,5,20-22H2,1-3H3,(H,33,36)/b6-4-,8-7+,29-13+,31-10-. The van der Waals surface area contributed by atoms with Gasteiger partial charge >= 0.3 is 0 Å². The van der Waals surface area contributed by atoms with Crippen molar-refractivity contribution in [1.82, 2.24) is 15.1 Å². The summed E-state index contributed by atoms with van der Waals surface area (Å²) in [6.07, 6.45) is 14.9. The molecule has 0 fully saturated rings. The van der Waals surface area contributed by atoms with E-state index in [1.165, 1.54) is 0 Å². The van der Waals surface area contributed by atoms with Gasteiger partial charge in [-0.05, 0) is 80.8 Å². The van der Waals surface area contributed by atoms with Crippen LogP contribution in [0.4, 0.5) is 0 Å². The molecule has 196 valence electrons. The Morgan fingerprint density at radius 2 is 1.82 bits per heavy atom. The molecule has 3 aromatic rings. The fraction of sp³-hybridized carbons (Fsp3) is 0.250. The second kappa shape index (κ2) is 13.3. The summed E-state index contributed by atoms with van der Waals surface area (Å²) in [6, 6.07) is 17.7. The van der Waals surface area contributed by atoms with Crippen molar-refractivity contribution in [2.75, 3.05) is 13.2 Å². The van der Waals surface area contributed by atoms with Gasteiger partial charge in [0.25, 0.3) is 5.91 Å². The lowest BCUT2D eigenvalue weighted by molar-refractivity contribution is -0.117. The van der Waals surface area contributed by atoms with Gasteiger partial charge in [0.05, 0.1) is 17.0 Å². The predicted octanol–water partition coefficient (Wildman–Crippen LogP) is 6.38. The Hall–Kier alpha value is -4.32. The highest BCUT2D eigenvalue weighted by Gasteiger charge is 2.19. The van der Waals surface area contributed by atoms with Gasteiger partial charge < -0.3 is 14.8 Å². The molecule has 5 rings (SSSR count). The molecule has 0 saturated carbocycles. The second-order valence-electron chi connectivity index (χ2n) is 9.09. The molecule has 0 saturated heterocycles. The van der Waals surface area contributed by atoms with Crippen LogP contribution in [0.2, 0.25) is 0 Å². The lowest BCUT2D eigenvalue weighted by Gasteiger charge is -2.18. The third kappa shape index (κ3) is 7.13. The first-order valence-corrected chi connectivity index (χ1v) is 13.1. The third-order valence-electron chi connectivity index (χ3n) is 6.04. The van der Waals surface area contributed by atoms with Crippen molar-refractivity contribution in [3.8, 4) is 22.8 Å². The van der Waals surface area contributed by atoms with Gasteiger partial charge in [-0.1, -0.05) is 49.4 Å². The van der Waals surface area contributed by atoms with Gasteiger partial charge in [-0.3, -0.25) is 4.79 Å². The quantitative estimate of drug-likeness (QED) is 0.322. The largest absolute Gasteiger partial charge is 0.490 e. The maximum atomic E-state index is 13.5. The van der Waals surface area contributed by atoms with Gasteiger partial charge in [0.15, 0.2) is 0 Å². The fourth-order valence-electron chi connectivity index (χ4n) is 4.20. The van der Waals surface area contributed by atoms with E-state index in [2.05, 4.69) is 12.2 Å². The van der Waals surface area contributed by atoms with Crippen molar-refractivity contribution in [2.24, 2.45) is 0 Å². The molecular formula is C32H35N3O3. The molecule has 0 spiro atoms. The van der Waals surface area contributed by atoms with Crippen molar-refractivity contribution in [3.63, 3.8) is 0 Å². The molecule has 0 aliphatic carbocycles. The van der Waals surface area contributed by atoms with E-state index in [1.54, 1.807) is 4.68 Å². The van der Waals surface area contributed by atoms with E-state index in [9.17, 15) is 4.79 Å². The zero-order valence-electron chi connectivity index (χ0n) is 22.3. The molecule has 1 aromatic heterocycles. The SMILES string of the molecule is C\C=C/C=C1/C(=O)NC(C)Cc2ccc(cc2)OC/C=C/COc2cccc(c2)-c2ccn(n2)/C1=C\CC. The van der Waals surface area contributed by atoms with Crippen LogP contribution in [0.1, 0.15) is 32.8 Å². The molecule has 3 heterocycles. The van der Waals surface area contributed by atoms with Gasteiger partial charge in [0.2, 0.25) is 0 Å². The lowest BCUT2D eigenvalue weighted by atomic mass is 10.1. The zero-order chi connectivity index (χ0) is 26.7. The highest BCUT2D eigenvalue weighted by molar-refractivity contribution is 6.05. The number of carbonyl (C=O) groups excluding carboxylic acids is 1. The normalized spacial score (nSPS) is 19.9. The molecule has 1 atom stereocenters. The number of carbonyl (C=O) groups is 1. The number of rotatable bonds is 2. The van der Waals surface area contributed by atoms with E-state index in [1.807, 2.05) is 111 Å². The fourth-order valence-corrected chi connectivity index (χ4v) is 4.20. The molecule has 1 N–H and O–H groups in total. The van der Waals surface area contributed by atoms with Crippen molar-refractivity contribution >= 4 is 11.6 Å². The number of ether oxygens (including phenoxy) is 2. The van der Waals surface area contributed by atoms with Gasteiger partial charge in [-0.15, -0.1) is 0 Å². The van der Waals surface area contributed by atoms with Crippen LogP contribution in [0.25, 0.3) is 17.0 Å². The average Bonchev–Trinajstić information content (AvgIpc) is 3.41. The Labute approximate surface area is 225 Å². The summed E-state index contributed by atoms with van der Waals surface area (Å²) >= 11 is 0. The van der Waals surface area contributed by atoms with E-state index >= 15 is 0 Å². The van der Waals surface area contributed by atoms with Gasteiger partial charge in [-0.25, -0.2) is 4.68 Å². The smallest absolute Gasteiger partial charge is 0.253 e. The molecule has 6 bridgehead atoms. The topological polar surface area (TPSA) is 65.4 Å². The molecule has 1 unspecified atom stereocenters. The summed E-state index contributed by atoms with van der Waals surface area (Å²) in [5.74, 6) is 1.41. The second-order valence-corrected chi connectivity index (χ2v) is 9.09. The molecule has 6 heteroatoms. The first kappa shape index (κ1) is 26.7. The van der Waals surface area contributed by atoms with Crippen LogP contribution in [-0.4, -0.2) is 34.9 Å². The number of hydrogen-bond acceptors (Lipinski definition) is 4. The van der Waals surface area contributed by atoms with Crippen LogP contribution in [0, 0.1) is 0 Å². The minimum atomic E-state index is -0.142. The predicted molar refractivity (Wildman–Crippen MR) is 153 cm³/mol. The number of amides is 1. The Bertz CT molecular complexity index is 1350. The number of hydrogen-bond donors (Lipinski definition) is 1. The Morgan fingerprint density at radius 1 is 1.05 bits per heavy atom. The summed E-state index contributed by atoms with van der Waals surface area (Å²) in [6.45, 7) is 6.90. The van der Waals surface area contributed by atoms with Gasteiger partial charge in [0, 0.05) is 17.8 Å². The third-order valence-corrected chi connectivity index (χ3v) is 6.04. The van der Waals surface area contributed by atoms with Crippen molar-refractivity contribution < 1.29 is 14.3 Å². The van der Waals surface area contributed by atoms with Crippen LogP contribution in [0.15, 0.2) is 103 Å². The monoisotopic (exact) mass is 509 g/mol.